The lowest BCUT2D eigenvalue weighted by Gasteiger charge is -2.25. The van der Waals surface area contributed by atoms with Crippen LogP contribution in [-0.4, -0.2) is 33.7 Å². The first-order valence-corrected chi connectivity index (χ1v) is 4.33. The van der Waals surface area contributed by atoms with Crippen LogP contribution in [0.15, 0.2) is 23.5 Å². The van der Waals surface area contributed by atoms with Gasteiger partial charge >= 0.3 is 5.97 Å². The van der Waals surface area contributed by atoms with Crippen molar-refractivity contribution in [2.75, 3.05) is 6.61 Å². The van der Waals surface area contributed by atoms with Gasteiger partial charge in [-0.2, -0.15) is 0 Å². The van der Waals surface area contributed by atoms with Crippen molar-refractivity contribution < 1.29 is 24.9 Å². The summed E-state index contributed by atoms with van der Waals surface area (Å²) in [7, 11) is 0. The molecular formula is C10H16O5. The summed E-state index contributed by atoms with van der Waals surface area (Å²) in [6.07, 6.45) is 0. The first kappa shape index (κ1) is 13.7. The number of esters is 1. The second-order valence-electron chi connectivity index (χ2n) is 3.46. The highest BCUT2D eigenvalue weighted by atomic mass is 16.7. The van der Waals surface area contributed by atoms with E-state index in [4.69, 9.17) is 5.11 Å². The predicted octanol–water partition coefficient (Wildman–Crippen LogP) is 0.639. The van der Waals surface area contributed by atoms with Crippen molar-refractivity contribution in [3.05, 3.63) is 23.5 Å². The molecule has 0 aliphatic rings. The predicted molar refractivity (Wildman–Crippen MR) is 53.9 cm³/mol. The molecule has 0 bridgehead atoms. The standard InChI is InChI=1S/C10H16O5/c1-6(2)8(12)10(14,5-11)15-9(13)7(3)4/h11-12,14H,3,5H2,1-2,4H3. The van der Waals surface area contributed by atoms with Gasteiger partial charge in [-0.3, -0.25) is 0 Å². The number of hydrogen-bond donors (Lipinski definition) is 3. The Kier molecular flexibility index (Phi) is 4.51. The summed E-state index contributed by atoms with van der Waals surface area (Å²) in [6, 6.07) is 0. The lowest BCUT2D eigenvalue weighted by Crippen LogP contribution is -2.41. The third kappa shape index (κ3) is 3.38. The molecule has 0 saturated heterocycles. The molecule has 0 aliphatic heterocycles. The fourth-order valence-corrected chi connectivity index (χ4v) is 0.787. The van der Waals surface area contributed by atoms with Crippen molar-refractivity contribution >= 4 is 5.97 Å². The molecule has 0 aromatic rings. The molecule has 0 rings (SSSR count). The smallest absolute Gasteiger partial charge is 0.336 e. The summed E-state index contributed by atoms with van der Waals surface area (Å²) in [4.78, 5) is 11.1. The molecule has 3 N–H and O–H groups in total. The topological polar surface area (TPSA) is 87.0 Å². The lowest BCUT2D eigenvalue weighted by molar-refractivity contribution is -0.213. The number of carbonyl (C=O) groups excluding carboxylic acids is 1. The summed E-state index contributed by atoms with van der Waals surface area (Å²) in [5.41, 5.74) is 0.393. The van der Waals surface area contributed by atoms with E-state index in [1.165, 1.54) is 20.8 Å². The van der Waals surface area contributed by atoms with E-state index in [1.807, 2.05) is 0 Å². The Balaban J connectivity index is 4.97. The van der Waals surface area contributed by atoms with E-state index in [2.05, 4.69) is 11.3 Å². The van der Waals surface area contributed by atoms with Crippen LogP contribution in [0.2, 0.25) is 0 Å². The zero-order valence-electron chi connectivity index (χ0n) is 9.07. The van der Waals surface area contributed by atoms with E-state index in [9.17, 15) is 15.0 Å². The molecule has 0 radical (unpaired) electrons. The number of aliphatic hydroxyl groups is 3. The molecule has 86 valence electrons. The van der Waals surface area contributed by atoms with Crippen LogP contribution >= 0.6 is 0 Å². The van der Waals surface area contributed by atoms with Gasteiger partial charge in [-0.05, 0) is 26.3 Å². The zero-order valence-corrected chi connectivity index (χ0v) is 9.07. The van der Waals surface area contributed by atoms with Crippen LogP contribution in [0.25, 0.3) is 0 Å². The Bertz CT molecular complexity index is 301. The van der Waals surface area contributed by atoms with Gasteiger partial charge < -0.3 is 20.1 Å². The Hall–Kier alpha value is -1.33. The molecule has 0 aromatic carbocycles. The van der Waals surface area contributed by atoms with E-state index in [-0.39, 0.29) is 5.57 Å². The normalized spacial score (nSPS) is 13.9. The molecule has 5 nitrogen and oxygen atoms in total. The molecule has 0 aromatic heterocycles. The van der Waals surface area contributed by atoms with Crippen molar-refractivity contribution in [2.24, 2.45) is 0 Å². The van der Waals surface area contributed by atoms with Crippen molar-refractivity contribution in [3.63, 3.8) is 0 Å². The molecule has 15 heavy (non-hydrogen) atoms. The van der Waals surface area contributed by atoms with E-state index < -0.39 is 24.1 Å². The Morgan fingerprint density at radius 1 is 1.40 bits per heavy atom. The first-order valence-electron chi connectivity index (χ1n) is 4.33. The average molecular weight is 216 g/mol. The summed E-state index contributed by atoms with van der Waals surface area (Å²) < 4.78 is 4.53. The fourth-order valence-electron chi connectivity index (χ4n) is 0.787. The number of allylic oxidation sites excluding steroid dienone is 1. The van der Waals surface area contributed by atoms with Gasteiger partial charge in [0.25, 0.3) is 5.79 Å². The van der Waals surface area contributed by atoms with E-state index in [1.54, 1.807) is 0 Å². The lowest BCUT2D eigenvalue weighted by atomic mass is 10.1. The second kappa shape index (κ2) is 4.95. The van der Waals surface area contributed by atoms with Crippen molar-refractivity contribution in [1.29, 1.82) is 0 Å². The van der Waals surface area contributed by atoms with Gasteiger partial charge in [0.2, 0.25) is 0 Å². The molecule has 0 saturated carbocycles. The molecule has 0 spiro atoms. The number of hydrogen-bond acceptors (Lipinski definition) is 5. The van der Waals surface area contributed by atoms with Crippen LogP contribution in [-0.2, 0) is 9.53 Å². The SMILES string of the molecule is C=C(C)C(=O)OC(O)(CO)C(O)=C(C)C. The van der Waals surface area contributed by atoms with Gasteiger partial charge in [0, 0.05) is 5.57 Å². The van der Waals surface area contributed by atoms with Crippen LogP contribution in [0.3, 0.4) is 0 Å². The third-order valence-corrected chi connectivity index (χ3v) is 1.67. The van der Waals surface area contributed by atoms with Gasteiger partial charge in [0.1, 0.15) is 6.61 Å². The van der Waals surface area contributed by atoms with Crippen LogP contribution in [0.5, 0.6) is 0 Å². The molecule has 0 fully saturated rings. The van der Waals surface area contributed by atoms with Crippen molar-refractivity contribution in [1.82, 2.24) is 0 Å². The van der Waals surface area contributed by atoms with E-state index in [0.717, 1.165) is 0 Å². The maximum absolute atomic E-state index is 11.1. The highest BCUT2D eigenvalue weighted by Gasteiger charge is 2.36. The van der Waals surface area contributed by atoms with Gasteiger partial charge in [-0.15, -0.1) is 0 Å². The number of rotatable bonds is 4. The van der Waals surface area contributed by atoms with Crippen molar-refractivity contribution in [3.8, 4) is 0 Å². The van der Waals surface area contributed by atoms with Gasteiger partial charge in [0.15, 0.2) is 5.76 Å². The number of carbonyl (C=O) groups is 1. The molecule has 1 atom stereocenters. The zero-order chi connectivity index (χ0) is 12.2. The first-order chi connectivity index (χ1) is 6.74. The van der Waals surface area contributed by atoms with Gasteiger partial charge in [0.05, 0.1) is 0 Å². The minimum Gasteiger partial charge on any atom is -0.506 e. The summed E-state index contributed by atoms with van der Waals surface area (Å²) in [6.45, 7) is 6.78. The second-order valence-corrected chi connectivity index (χ2v) is 3.46. The fraction of sp³-hybridized carbons (Fsp3) is 0.500. The molecule has 5 heteroatoms. The average Bonchev–Trinajstić information content (AvgIpc) is 2.15. The Morgan fingerprint density at radius 3 is 2.13 bits per heavy atom. The summed E-state index contributed by atoms with van der Waals surface area (Å²) in [5, 5.41) is 28.0. The van der Waals surface area contributed by atoms with Crippen LogP contribution < -0.4 is 0 Å². The third-order valence-electron chi connectivity index (χ3n) is 1.67. The summed E-state index contributed by atoms with van der Waals surface area (Å²) >= 11 is 0. The molecule has 0 aliphatic carbocycles. The quantitative estimate of drug-likeness (QED) is 0.278. The highest BCUT2D eigenvalue weighted by molar-refractivity contribution is 5.87. The van der Waals surface area contributed by atoms with Crippen LogP contribution in [0.1, 0.15) is 20.8 Å². The monoisotopic (exact) mass is 216 g/mol. The van der Waals surface area contributed by atoms with Crippen LogP contribution in [0.4, 0.5) is 0 Å². The minimum absolute atomic E-state index is 0.0587. The minimum atomic E-state index is -2.39. The van der Waals surface area contributed by atoms with Crippen molar-refractivity contribution in [2.45, 2.75) is 26.6 Å². The Morgan fingerprint density at radius 2 is 1.87 bits per heavy atom. The maximum Gasteiger partial charge on any atom is 0.336 e. The largest absolute Gasteiger partial charge is 0.506 e. The molecule has 1 unspecified atom stereocenters. The molecule has 0 amide bonds. The Labute approximate surface area is 88.3 Å². The summed E-state index contributed by atoms with van der Waals surface area (Å²) in [5.74, 6) is -3.87. The number of ether oxygens (including phenoxy) is 1. The van der Waals surface area contributed by atoms with E-state index in [0.29, 0.717) is 5.57 Å². The molecule has 0 heterocycles. The van der Waals surface area contributed by atoms with Gasteiger partial charge in [-0.1, -0.05) is 6.58 Å². The molecular weight excluding hydrogens is 200 g/mol. The van der Waals surface area contributed by atoms with Gasteiger partial charge in [-0.25, -0.2) is 4.79 Å². The highest BCUT2D eigenvalue weighted by Crippen LogP contribution is 2.20. The number of aliphatic hydroxyl groups excluding tert-OH is 2. The van der Waals surface area contributed by atoms with E-state index >= 15 is 0 Å². The maximum atomic E-state index is 11.1. The van der Waals surface area contributed by atoms with Crippen LogP contribution in [0, 0.1) is 0 Å².